The smallest absolute Gasteiger partial charge is 0.252 e. The molecule has 0 unspecified atom stereocenters. The van der Waals surface area contributed by atoms with Crippen molar-refractivity contribution in [3.63, 3.8) is 0 Å². The summed E-state index contributed by atoms with van der Waals surface area (Å²) in [5, 5.41) is 6.80. The number of nitrogens with zero attached hydrogens (tertiary/aromatic N) is 1. The summed E-state index contributed by atoms with van der Waals surface area (Å²) in [6, 6.07) is 15.7. The number of hydrogen-bond donors (Lipinski definition) is 2. The van der Waals surface area contributed by atoms with E-state index in [9.17, 15) is 9.59 Å². The van der Waals surface area contributed by atoms with Crippen LogP contribution in [0.25, 0.3) is 10.9 Å². The number of rotatable bonds is 6. The third kappa shape index (κ3) is 4.51. The van der Waals surface area contributed by atoms with Crippen LogP contribution in [0.2, 0.25) is 0 Å². The third-order valence-electron chi connectivity index (χ3n) is 5.58. The fourth-order valence-electron chi connectivity index (χ4n) is 4.11. The maximum absolute atomic E-state index is 13.1. The first kappa shape index (κ1) is 20.1. The molecular formula is C25H27N3O2. The summed E-state index contributed by atoms with van der Waals surface area (Å²) < 4.78 is 0. The van der Waals surface area contributed by atoms with Gasteiger partial charge in [0, 0.05) is 24.2 Å². The number of carbonyl (C=O) groups excluding carboxylic acids is 2. The average Bonchev–Trinajstić information content (AvgIpc) is 2.75. The van der Waals surface area contributed by atoms with Crippen LogP contribution in [0.3, 0.4) is 0 Å². The first-order valence-electron chi connectivity index (χ1n) is 10.6. The minimum Gasteiger partial charge on any atom is -0.354 e. The minimum absolute atomic E-state index is 0.0437. The van der Waals surface area contributed by atoms with Gasteiger partial charge in [0.25, 0.3) is 5.91 Å². The van der Waals surface area contributed by atoms with Crippen LogP contribution in [0.15, 0.2) is 48.5 Å². The maximum Gasteiger partial charge on any atom is 0.252 e. The van der Waals surface area contributed by atoms with Crippen molar-refractivity contribution >= 4 is 22.7 Å². The molecule has 1 heterocycles. The molecule has 0 saturated heterocycles. The highest BCUT2D eigenvalue weighted by atomic mass is 16.2. The van der Waals surface area contributed by atoms with E-state index in [0.29, 0.717) is 19.5 Å². The predicted molar refractivity (Wildman–Crippen MR) is 119 cm³/mol. The van der Waals surface area contributed by atoms with Gasteiger partial charge in [-0.2, -0.15) is 0 Å². The maximum atomic E-state index is 13.1. The Labute approximate surface area is 176 Å². The van der Waals surface area contributed by atoms with Crippen molar-refractivity contribution in [3.8, 4) is 0 Å². The molecule has 2 N–H and O–H groups in total. The molecule has 30 heavy (non-hydrogen) atoms. The van der Waals surface area contributed by atoms with Gasteiger partial charge < -0.3 is 10.6 Å². The summed E-state index contributed by atoms with van der Waals surface area (Å²) in [7, 11) is 0. The Hall–Kier alpha value is -3.21. The first-order valence-corrected chi connectivity index (χ1v) is 10.6. The molecule has 0 fully saturated rings. The molecule has 2 aromatic carbocycles. The predicted octanol–water partition coefficient (Wildman–Crippen LogP) is 3.51. The van der Waals surface area contributed by atoms with Gasteiger partial charge in [-0.25, -0.2) is 0 Å². The van der Waals surface area contributed by atoms with E-state index in [0.717, 1.165) is 64.5 Å². The van der Waals surface area contributed by atoms with Crippen molar-refractivity contribution in [1.29, 1.82) is 0 Å². The fourth-order valence-corrected chi connectivity index (χ4v) is 4.11. The van der Waals surface area contributed by atoms with Gasteiger partial charge >= 0.3 is 0 Å². The molecule has 1 aromatic heterocycles. The number of fused-ring (bicyclic) bond motifs is 2. The Morgan fingerprint density at radius 2 is 1.73 bits per heavy atom. The van der Waals surface area contributed by atoms with E-state index in [-0.39, 0.29) is 11.8 Å². The summed E-state index contributed by atoms with van der Waals surface area (Å²) in [5.74, 6) is -0.124. The monoisotopic (exact) mass is 401 g/mol. The van der Waals surface area contributed by atoms with Crippen LogP contribution in [0.4, 0.5) is 0 Å². The second-order valence-corrected chi connectivity index (χ2v) is 7.91. The summed E-state index contributed by atoms with van der Waals surface area (Å²) in [5.41, 5.74) is 5.87. The number of aryl methyl sites for hydroxylation is 2. The van der Waals surface area contributed by atoms with Crippen LogP contribution in [0, 0.1) is 6.92 Å². The lowest BCUT2D eigenvalue weighted by atomic mass is 9.89. The molecule has 154 valence electrons. The van der Waals surface area contributed by atoms with Crippen LogP contribution in [0.5, 0.6) is 0 Å². The van der Waals surface area contributed by atoms with E-state index >= 15 is 0 Å². The topological polar surface area (TPSA) is 71.1 Å². The Morgan fingerprint density at radius 1 is 0.967 bits per heavy atom. The summed E-state index contributed by atoms with van der Waals surface area (Å²) in [6.07, 6.45) is 4.36. The zero-order valence-electron chi connectivity index (χ0n) is 17.3. The van der Waals surface area contributed by atoms with Crippen LogP contribution in [0.1, 0.15) is 45.6 Å². The van der Waals surface area contributed by atoms with Gasteiger partial charge in [-0.3, -0.25) is 14.6 Å². The zero-order chi connectivity index (χ0) is 20.9. The van der Waals surface area contributed by atoms with Crippen LogP contribution in [-0.4, -0.2) is 29.9 Å². The molecule has 5 nitrogen and oxygen atoms in total. The Kier molecular flexibility index (Phi) is 6.07. The molecule has 5 heteroatoms. The van der Waals surface area contributed by atoms with Crippen LogP contribution in [-0.2, 0) is 24.1 Å². The van der Waals surface area contributed by atoms with Crippen LogP contribution < -0.4 is 10.6 Å². The number of amides is 2. The van der Waals surface area contributed by atoms with Crippen molar-refractivity contribution < 1.29 is 9.59 Å². The normalized spacial score (nSPS) is 13.0. The van der Waals surface area contributed by atoms with Crippen molar-refractivity contribution in [2.75, 3.05) is 13.1 Å². The van der Waals surface area contributed by atoms with E-state index in [1.54, 1.807) is 0 Å². The summed E-state index contributed by atoms with van der Waals surface area (Å²) >= 11 is 0. The molecule has 1 aliphatic carbocycles. The molecule has 0 radical (unpaired) electrons. The molecule has 4 rings (SSSR count). The number of aromatic nitrogens is 1. The molecule has 0 aliphatic heterocycles. The zero-order valence-corrected chi connectivity index (χ0v) is 17.3. The number of carbonyl (C=O) groups is 2. The van der Waals surface area contributed by atoms with Gasteiger partial charge in [0.2, 0.25) is 5.91 Å². The van der Waals surface area contributed by atoms with E-state index in [1.165, 1.54) is 0 Å². The van der Waals surface area contributed by atoms with E-state index in [2.05, 4.69) is 10.6 Å². The van der Waals surface area contributed by atoms with Gasteiger partial charge in [-0.05, 0) is 55.9 Å². The molecule has 1 aliphatic rings. The largest absolute Gasteiger partial charge is 0.354 e. The van der Waals surface area contributed by atoms with Gasteiger partial charge in [-0.15, -0.1) is 0 Å². The van der Waals surface area contributed by atoms with E-state index < -0.39 is 0 Å². The quantitative estimate of drug-likeness (QED) is 0.621. The van der Waals surface area contributed by atoms with Gasteiger partial charge in [-0.1, -0.05) is 42.0 Å². The Morgan fingerprint density at radius 3 is 2.57 bits per heavy atom. The molecule has 0 bridgehead atoms. The minimum atomic E-state index is -0.0801. The average molecular weight is 402 g/mol. The van der Waals surface area contributed by atoms with E-state index in [1.807, 2.05) is 55.5 Å². The molecule has 0 saturated carbocycles. The molecule has 2 amide bonds. The first-order chi connectivity index (χ1) is 14.6. The SMILES string of the molecule is Cc1ccc2nc3c(c(C(=O)NCCNC(=O)Cc4ccccc4)c2c1)CCCC3. The summed E-state index contributed by atoms with van der Waals surface area (Å²) in [6.45, 7) is 2.83. The number of benzene rings is 2. The fraction of sp³-hybridized carbons (Fsp3) is 0.320. The van der Waals surface area contributed by atoms with E-state index in [4.69, 9.17) is 4.98 Å². The Balaban J connectivity index is 1.43. The number of nitrogens with one attached hydrogen (secondary N) is 2. The van der Waals surface area contributed by atoms with Crippen molar-refractivity contribution in [3.05, 3.63) is 76.5 Å². The lowest BCUT2D eigenvalue weighted by molar-refractivity contribution is -0.120. The highest BCUT2D eigenvalue weighted by Crippen LogP contribution is 2.29. The number of hydrogen-bond acceptors (Lipinski definition) is 3. The van der Waals surface area contributed by atoms with Crippen LogP contribution >= 0.6 is 0 Å². The molecule has 0 atom stereocenters. The van der Waals surface area contributed by atoms with Crippen molar-refractivity contribution in [1.82, 2.24) is 15.6 Å². The van der Waals surface area contributed by atoms with Crippen molar-refractivity contribution in [2.24, 2.45) is 0 Å². The number of pyridine rings is 1. The van der Waals surface area contributed by atoms with Gasteiger partial charge in [0.1, 0.15) is 0 Å². The standard InChI is InChI=1S/C25H27N3O2/c1-17-11-12-22-20(15-17)24(19-9-5-6-10-21(19)28-22)25(30)27-14-13-26-23(29)16-18-7-3-2-4-8-18/h2-4,7-8,11-12,15H,5-6,9-10,13-14,16H2,1H3,(H,26,29)(H,27,30). The lowest BCUT2D eigenvalue weighted by Crippen LogP contribution is -2.36. The van der Waals surface area contributed by atoms with Crippen molar-refractivity contribution in [2.45, 2.75) is 39.0 Å². The molecule has 0 spiro atoms. The molecule has 3 aromatic rings. The summed E-state index contributed by atoms with van der Waals surface area (Å²) in [4.78, 5) is 30.0. The second kappa shape index (κ2) is 9.08. The van der Waals surface area contributed by atoms with Gasteiger partial charge in [0.05, 0.1) is 17.5 Å². The van der Waals surface area contributed by atoms with Gasteiger partial charge in [0.15, 0.2) is 0 Å². The lowest BCUT2D eigenvalue weighted by Gasteiger charge is -2.20. The Bertz CT molecular complexity index is 1080. The highest BCUT2D eigenvalue weighted by molar-refractivity contribution is 6.08. The highest BCUT2D eigenvalue weighted by Gasteiger charge is 2.22. The second-order valence-electron chi connectivity index (χ2n) is 7.91. The molecular weight excluding hydrogens is 374 g/mol. The third-order valence-corrected chi connectivity index (χ3v) is 5.58.